The fraction of sp³-hybridized carbons (Fsp3) is 0.333. The molecule has 6 nitrogen and oxygen atoms in total. The number of anilines is 1. The quantitative estimate of drug-likeness (QED) is 0.560. The van der Waals surface area contributed by atoms with Gasteiger partial charge in [-0.1, -0.05) is 60.3 Å². The second-order valence-corrected chi connectivity index (χ2v) is 8.87. The predicted octanol–water partition coefficient (Wildman–Crippen LogP) is 4.15. The van der Waals surface area contributed by atoms with Gasteiger partial charge in [-0.05, 0) is 38.5 Å². The molecule has 2 aromatic rings. The minimum absolute atomic E-state index is 0.00245. The first-order valence-corrected chi connectivity index (χ1v) is 11.3. The van der Waals surface area contributed by atoms with Crippen molar-refractivity contribution in [1.82, 2.24) is 4.90 Å². The normalized spacial score (nSPS) is 23.0. The van der Waals surface area contributed by atoms with Crippen molar-refractivity contribution in [1.29, 1.82) is 0 Å². The van der Waals surface area contributed by atoms with E-state index in [1.54, 1.807) is 0 Å². The van der Waals surface area contributed by atoms with Crippen molar-refractivity contribution in [2.45, 2.75) is 38.7 Å². The number of ether oxygens (including phenoxy) is 1. The largest absolute Gasteiger partial charge is 0.466 e. The molecule has 2 aliphatic rings. The standard InChI is InChI=1S/C24H27N3O3S/c1-16(2)26(19-13-9-6-10-14-19)24(29)15-31-23-25-17(3)20(22(28)30-4)21(27(23)24)18-11-7-5-8-12-18/h5-14,16,21,29H,15H2,1-4H3. The average molecular weight is 438 g/mol. The number of methoxy groups -OCH3 is 1. The Morgan fingerprint density at radius 2 is 1.81 bits per heavy atom. The molecule has 0 radical (unpaired) electrons. The molecule has 2 aliphatic heterocycles. The predicted molar refractivity (Wildman–Crippen MR) is 125 cm³/mol. The molecule has 0 amide bonds. The Kier molecular flexibility index (Phi) is 5.81. The topological polar surface area (TPSA) is 65.4 Å². The summed E-state index contributed by atoms with van der Waals surface area (Å²) in [5.74, 6) is -1.44. The Bertz CT molecular complexity index is 1020. The number of allylic oxidation sites excluding steroid dienone is 1. The molecule has 2 atom stereocenters. The van der Waals surface area contributed by atoms with Gasteiger partial charge in [0.1, 0.15) is 0 Å². The van der Waals surface area contributed by atoms with Crippen molar-refractivity contribution in [3.8, 4) is 0 Å². The third kappa shape index (κ3) is 3.62. The molecule has 31 heavy (non-hydrogen) atoms. The minimum atomic E-state index is -1.39. The van der Waals surface area contributed by atoms with Crippen molar-refractivity contribution < 1.29 is 14.6 Å². The van der Waals surface area contributed by atoms with E-state index < -0.39 is 17.9 Å². The van der Waals surface area contributed by atoms with Crippen LogP contribution in [0.15, 0.2) is 76.9 Å². The number of aliphatic imine (C=N–C) groups is 1. The summed E-state index contributed by atoms with van der Waals surface area (Å²) >= 11 is 1.50. The number of aliphatic hydroxyl groups is 1. The molecular formula is C24H27N3O3S. The van der Waals surface area contributed by atoms with Gasteiger partial charge in [0.15, 0.2) is 5.17 Å². The molecule has 7 heteroatoms. The smallest absolute Gasteiger partial charge is 0.338 e. The van der Waals surface area contributed by atoms with Crippen LogP contribution in [0.1, 0.15) is 32.4 Å². The van der Waals surface area contributed by atoms with Gasteiger partial charge in [0.25, 0.3) is 0 Å². The van der Waals surface area contributed by atoms with E-state index in [2.05, 4.69) is 13.8 Å². The highest BCUT2D eigenvalue weighted by Gasteiger charge is 2.55. The van der Waals surface area contributed by atoms with Crippen molar-refractivity contribution in [2.75, 3.05) is 17.8 Å². The number of para-hydroxylation sites is 1. The summed E-state index contributed by atoms with van der Waals surface area (Å²) in [5.41, 5.74) is 2.85. The number of hydrogen-bond acceptors (Lipinski definition) is 7. The third-order valence-electron chi connectivity index (χ3n) is 5.63. The van der Waals surface area contributed by atoms with Crippen LogP contribution in [0.25, 0.3) is 0 Å². The lowest BCUT2D eigenvalue weighted by molar-refractivity contribution is -0.138. The second-order valence-electron chi connectivity index (χ2n) is 7.93. The Balaban J connectivity index is 1.91. The first kappa shape index (κ1) is 21.5. The van der Waals surface area contributed by atoms with E-state index in [4.69, 9.17) is 9.73 Å². The summed E-state index contributed by atoms with van der Waals surface area (Å²) in [4.78, 5) is 21.4. The zero-order valence-electron chi connectivity index (χ0n) is 18.1. The van der Waals surface area contributed by atoms with Gasteiger partial charge in [-0.2, -0.15) is 0 Å². The number of carbonyl (C=O) groups is 1. The first-order valence-electron chi connectivity index (χ1n) is 10.3. The van der Waals surface area contributed by atoms with Crippen molar-refractivity contribution in [2.24, 2.45) is 4.99 Å². The van der Waals surface area contributed by atoms with E-state index in [9.17, 15) is 9.90 Å². The summed E-state index contributed by atoms with van der Waals surface area (Å²) in [7, 11) is 1.37. The van der Waals surface area contributed by atoms with Crippen molar-refractivity contribution >= 4 is 28.6 Å². The number of nitrogens with zero attached hydrogens (tertiary/aromatic N) is 3. The van der Waals surface area contributed by atoms with E-state index in [0.717, 1.165) is 11.3 Å². The molecule has 4 rings (SSSR count). The number of esters is 1. The highest BCUT2D eigenvalue weighted by atomic mass is 32.2. The van der Waals surface area contributed by atoms with Crippen molar-refractivity contribution in [3.63, 3.8) is 0 Å². The average Bonchev–Trinajstić information content (AvgIpc) is 3.09. The Morgan fingerprint density at radius 1 is 1.19 bits per heavy atom. The number of carbonyl (C=O) groups excluding carboxylic acids is 1. The lowest BCUT2D eigenvalue weighted by Crippen LogP contribution is -2.64. The Labute approximate surface area is 187 Å². The minimum Gasteiger partial charge on any atom is -0.466 e. The number of thioether (sulfide) groups is 1. The number of rotatable bonds is 5. The zero-order valence-corrected chi connectivity index (χ0v) is 19.0. The summed E-state index contributed by atoms with van der Waals surface area (Å²) in [6, 6.07) is 19.1. The number of benzene rings is 2. The summed E-state index contributed by atoms with van der Waals surface area (Å²) in [6.07, 6.45) is 0. The van der Waals surface area contributed by atoms with E-state index >= 15 is 0 Å². The van der Waals surface area contributed by atoms with E-state index in [1.165, 1.54) is 18.9 Å². The molecule has 2 aromatic carbocycles. The second kappa shape index (κ2) is 8.40. The molecule has 2 unspecified atom stereocenters. The number of fused-ring (bicyclic) bond motifs is 1. The lowest BCUT2D eigenvalue weighted by atomic mass is 9.93. The van der Waals surface area contributed by atoms with Gasteiger partial charge in [0.05, 0.1) is 30.2 Å². The van der Waals surface area contributed by atoms with Gasteiger partial charge in [0.2, 0.25) is 5.85 Å². The summed E-state index contributed by atoms with van der Waals surface area (Å²) in [5, 5.41) is 12.9. The molecule has 162 valence electrons. The molecular weight excluding hydrogens is 410 g/mol. The van der Waals surface area contributed by atoms with Crippen LogP contribution in [-0.4, -0.2) is 45.9 Å². The summed E-state index contributed by atoms with van der Waals surface area (Å²) < 4.78 is 5.13. The summed E-state index contributed by atoms with van der Waals surface area (Å²) in [6.45, 7) is 5.92. The molecule has 2 heterocycles. The third-order valence-corrected chi connectivity index (χ3v) is 6.71. The van der Waals surface area contributed by atoms with Crippen LogP contribution >= 0.6 is 11.8 Å². The SMILES string of the molecule is COC(=O)C1=C(C)N=C2SCC(O)(N(c3ccccc3)C(C)C)N2C1c1ccccc1. The fourth-order valence-corrected chi connectivity index (χ4v) is 5.59. The Morgan fingerprint density at radius 3 is 2.39 bits per heavy atom. The van der Waals surface area contributed by atoms with E-state index in [1.807, 2.05) is 77.4 Å². The van der Waals surface area contributed by atoms with Crippen LogP contribution in [0.3, 0.4) is 0 Å². The van der Waals surface area contributed by atoms with Crippen LogP contribution in [0.2, 0.25) is 0 Å². The molecule has 0 aliphatic carbocycles. The fourth-order valence-electron chi connectivity index (χ4n) is 4.40. The molecule has 1 saturated heterocycles. The molecule has 1 N–H and O–H groups in total. The van der Waals surface area contributed by atoms with Crippen LogP contribution in [-0.2, 0) is 9.53 Å². The van der Waals surface area contributed by atoms with E-state index in [0.29, 0.717) is 22.2 Å². The monoisotopic (exact) mass is 437 g/mol. The maximum atomic E-state index is 12.9. The Hall–Kier alpha value is -2.77. The zero-order chi connectivity index (χ0) is 22.2. The van der Waals surface area contributed by atoms with Crippen LogP contribution in [0, 0.1) is 0 Å². The number of amidine groups is 1. The van der Waals surface area contributed by atoms with Crippen LogP contribution in [0.4, 0.5) is 5.69 Å². The first-order chi connectivity index (χ1) is 14.9. The highest BCUT2D eigenvalue weighted by Crippen LogP contribution is 2.48. The van der Waals surface area contributed by atoms with Gasteiger partial charge in [0, 0.05) is 11.7 Å². The van der Waals surface area contributed by atoms with Gasteiger partial charge >= 0.3 is 5.97 Å². The van der Waals surface area contributed by atoms with Gasteiger partial charge in [-0.3, -0.25) is 4.90 Å². The maximum Gasteiger partial charge on any atom is 0.338 e. The molecule has 0 saturated carbocycles. The molecule has 0 spiro atoms. The lowest BCUT2D eigenvalue weighted by Gasteiger charge is -2.50. The molecule has 1 fully saturated rings. The van der Waals surface area contributed by atoms with E-state index in [-0.39, 0.29) is 6.04 Å². The van der Waals surface area contributed by atoms with Crippen LogP contribution in [0.5, 0.6) is 0 Å². The van der Waals surface area contributed by atoms with Crippen molar-refractivity contribution in [3.05, 3.63) is 77.5 Å². The molecule has 0 bridgehead atoms. The van der Waals surface area contributed by atoms with Gasteiger partial charge in [-0.15, -0.1) is 0 Å². The highest BCUT2D eigenvalue weighted by molar-refractivity contribution is 8.14. The van der Waals surface area contributed by atoms with Gasteiger partial charge < -0.3 is 14.7 Å². The van der Waals surface area contributed by atoms with Gasteiger partial charge in [-0.25, -0.2) is 9.79 Å². The van der Waals surface area contributed by atoms with Crippen LogP contribution < -0.4 is 4.90 Å². The maximum absolute atomic E-state index is 12.9. The number of hydrogen-bond donors (Lipinski definition) is 1. The molecule has 0 aromatic heterocycles.